The Bertz CT molecular complexity index is 608. The van der Waals surface area contributed by atoms with Crippen LogP contribution in [0.1, 0.15) is 32.1 Å². The van der Waals surface area contributed by atoms with E-state index in [1.54, 1.807) is 0 Å². The van der Waals surface area contributed by atoms with E-state index in [-0.39, 0.29) is 23.3 Å². The molecule has 6 heteroatoms. The van der Waals surface area contributed by atoms with E-state index >= 15 is 0 Å². The van der Waals surface area contributed by atoms with Crippen LogP contribution in [-0.2, 0) is 4.79 Å². The number of aromatic nitrogens is 1. The lowest BCUT2D eigenvalue weighted by Crippen LogP contribution is -2.24. The molecule has 5 nitrogen and oxygen atoms in total. The van der Waals surface area contributed by atoms with Gasteiger partial charge in [-0.15, -0.1) is 0 Å². The van der Waals surface area contributed by atoms with E-state index in [2.05, 4.69) is 10.3 Å². The quantitative estimate of drug-likeness (QED) is 0.742. The highest BCUT2D eigenvalue weighted by Gasteiger charge is 2.22. The summed E-state index contributed by atoms with van der Waals surface area (Å²) in [5, 5.41) is 22.3. The summed E-state index contributed by atoms with van der Waals surface area (Å²) in [5.41, 5.74) is 0.573. The van der Waals surface area contributed by atoms with Crippen molar-refractivity contribution in [1.29, 1.82) is 0 Å². The number of phenols is 2. The molecule has 1 saturated carbocycles. The van der Waals surface area contributed by atoms with Gasteiger partial charge in [0.05, 0.1) is 10.2 Å². The lowest BCUT2D eigenvalue weighted by Gasteiger charge is -2.19. The Labute approximate surface area is 120 Å². The first-order valence-corrected chi connectivity index (χ1v) is 7.58. The summed E-state index contributed by atoms with van der Waals surface area (Å²) in [5.74, 6) is -0.269. The largest absolute Gasteiger partial charge is 0.504 e. The van der Waals surface area contributed by atoms with Crippen LogP contribution in [0.5, 0.6) is 11.5 Å². The Kier molecular flexibility index (Phi) is 3.48. The number of aromatic hydroxyl groups is 2. The highest BCUT2D eigenvalue weighted by atomic mass is 32.1. The van der Waals surface area contributed by atoms with E-state index in [4.69, 9.17) is 0 Å². The molecule has 1 aliphatic carbocycles. The number of thiazole rings is 1. The number of phenolic OH excluding ortho intramolecular Hbond substituents is 2. The molecule has 0 saturated heterocycles. The Balaban J connectivity index is 1.78. The van der Waals surface area contributed by atoms with Crippen LogP contribution >= 0.6 is 11.3 Å². The summed E-state index contributed by atoms with van der Waals surface area (Å²) < 4.78 is 0.735. The van der Waals surface area contributed by atoms with Crippen LogP contribution in [0.15, 0.2) is 12.1 Å². The van der Waals surface area contributed by atoms with E-state index < -0.39 is 0 Å². The summed E-state index contributed by atoms with van der Waals surface area (Å²) in [6.07, 6.45) is 5.32. The van der Waals surface area contributed by atoms with E-state index in [9.17, 15) is 15.0 Å². The van der Waals surface area contributed by atoms with E-state index in [1.807, 2.05) is 0 Å². The molecule has 3 rings (SSSR count). The normalized spacial score (nSPS) is 16.4. The maximum Gasteiger partial charge on any atom is 0.229 e. The fraction of sp³-hybridized carbons (Fsp3) is 0.429. The number of amides is 1. The average molecular weight is 292 g/mol. The Morgan fingerprint density at radius 2 is 1.90 bits per heavy atom. The standard InChI is InChI=1S/C14H16N2O3S/c17-10-6-9-12(7-11(10)18)20-14(15-9)16-13(19)8-4-2-1-3-5-8/h6-8,17-18H,1-5H2,(H,15,16,19). The molecule has 0 spiro atoms. The Morgan fingerprint density at radius 3 is 2.65 bits per heavy atom. The average Bonchev–Trinajstić information content (AvgIpc) is 2.81. The third-order valence-electron chi connectivity index (χ3n) is 3.69. The fourth-order valence-electron chi connectivity index (χ4n) is 2.58. The van der Waals surface area contributed by atoms with Gasteiger partial charge in [0.1, 0.15) is 0 Å². The van der Waals surface area contributed by atoms with Gasteiger partial charge < -0.3 is 15.5 Å². The number of rotatable bonds is 2. The van der Waals surface area contributed by atoms with Crippen molar-refractivity contribution in [2.45, 2.75) is 32.1 Å². The molecule has 1 fully saturated rings. The Hall–Kier alpha value is -1.82. The zero-order valence-corrected chi connectivity index (χ0v) is 11.7. The molecule has 1 aromatic heterocycles. The van der Waals surface area contributed by atoms with Crippen molar-refractivity contribution in [3.63, 3.8) is 0 Å². The molecular weight excluding hydrogens is 276 g/mol. The number of benzene rings is 1. The zero-order valence-electron chi connectivity index (χ0n) is 10.9. The molecule has 0 atom stereocenters. The molecule has 1 heterocycles. The zero-order chi connectivity index (χ0) is 14.1. The number of carbonyl (C=O) groups excluding carboxylic acids is 1. The summed E-state index contributed by atoms with van der Waals surface area (Å²) in [6.45, 7) is 0. The van der Waals surface area contributed by atoms with Gasteiger partial charge in [0, 0.05) is 18.1 Å². The second-order valence-electron chi connectivity index (χ2n) is 5.15. The SMILES string of the molecule is O=C(Nc1nc2cc(O)c(O)cc2s1)C1CCCCC1. The number of nitrogens with zero attached hydrogens (tertiary/aromatic N) is 1. The molecule has 0 radical (unpaired) electrons. The second kappa shape index (κ2) is 5.28. The van der Waals surface area contributed by atoms with E-state index in [1.165, 1.54) is 29.9 Å². The van der Waals surface area contributed by atoms with Crippen LogP contribution in [0.3, 0.4) is 0 Å². The summed E-state index contributed by atoms with van der Waals surface area (Å²) >= 11 is 1.30. The number of nitrogens with one attached hydrogen (secondary N) is 1. The number of carbonyl (C=O) groups is 1. The van der Waals surface area contributed by atoms with Gasteiger partial charge in [0.25, 0.3) is 0 Å². The smallest absolute Gasteiger partial charge is 0.229 e. The van der Waals surface area contributed by atoms with Crippen molar-refractivity contribution in [3.05, 3.63) is 12.1 Å². The van der Waals surface area contributed by atoms with Crippen LogP contribution < -0.4 is 5.32 Å². The first-order chi connectivity index (χ1) is 9.63. The van der Waals surface area contributed by atoms with E-state index in [0.29, 0.717) is 10.6 Å². The minimum atomic E-state index is -0.201. The molecule has 0 unspecified atom stereocenters. The lowest BCUT2D eigenvalue weighted by molar-refractivity contribution is -0.120. The van der Waals surface area contributed by atoms with Crippen LogP contribution in [0.4, 0.5) is 5.13 Å². The molecule has 20 heavy (non-hydrogen) atoms. The topological polar surface area (TPSA) is 82.5 Å². The number of hydrogen-bond acceptors (Lipinski definition) is 5. The molecule has 106 valence electrons. The summed E-state index contributed by atoms with van der Waals surface area (Å²) in [7, 11) is 0. The van der Waals surface area contributed by atoms with Gasteiger partial charge in [-0.2, -0.15) is 0 Å². The van der Waals surface area contributed by atoms with Gasteiger partial charge >= 0.3 is 0 Å². The second-order valence-corrected chi connectivity index (χ2v) is 6.18. The van der Waals surface area contributed by atoms with Crippen molar-refractivity contribution >= 4 is 32.6 Å². The predicted octanol–water partition coefficient (Wildman–Crippen LogP) is 3.23. The maximum absolute atomic E-state index is 12.1. The van der Waals surface area contributed by atoms with E-state index in [0.717, 1.165) is 30.4 Å². The first-order valence-electron chi connectivity index (χ1n) is 6.77. The van der Waals surface area contributed by atoms with Crippen LogP contribution in [0.25, 0.3) is 10.2 Å². The van der Waals surface area contributed by atoms with Crippen molar-refractivity contribution in [1.82, 2.24) is 4.98 Å². The highest BCUT2D eigenvalue weighted by molar-refractivity contribution is 7.22. The van der Waals surface area contributed by atoms with Crippen molar-refractivity contribution in [3.8, 4) is 11.5 Å². The van der Waals surface area contributed by atoms with Crippen LogP contribution in [0, 0.1) is 5.92 Å². The van der Waals surface area contributed by atoms with Gasteiger partial charge in [-0.25, -0.2) is 4.98 Å². The molecule has 1 aromatic carbocycles. The molecule has 0 bridgehead atoms. The molecular formula is C14H16N2O3S. The van der Waals surface area contributed by atoms with Gasteiger partial charge in [-0.05, 0) is 12.8 Å². The van der Waals surface area contributed by atoms with Gasteiger partial charge in [0.15, 0.2) is 16.6 Å². The van der Waals surface area contributed by atoms with Gasteiger partial charge in [-0.1, -0.05) is 30.6 Å². The van der Waals surface area contributed by atoms with Crippen LogP contribution in [-0.4, -0.2) is 21.1 Å². The number of anilines is 1. The van der Waals surface area contributed by atoms with Crippen molar-refractivity contribution in [2.75, 3.05) is 5.32 Å². The molecule has 1 aliphatic rings. The van der Waals surface area contributed by atoms with Gasteiger partial charge in [0.2, 0.25) is 5.91 Å². The third kappa shape index (κ3) is 2.56. The van der Waals surface area contributed by atoms with Crippen molar-refractivity contribution < 1.29 is 15.0 Å². The minimum Gasteiger partial charge on any atom is -0.504 e. The number of hydrogen-bond donors (Lipinski definition) is 3. The predicted molar refractivity (Wildman–Crippen MR) is 78.2 cm³/mol. The highest BCUT2D eigenvalue weighted by Crippen LogP contribution is 2.35. The molecule has 1 amide bonds. The minimum absolute atomic E-state index is 0.0252. The third-order valence-corrected chi connectivity index (χ3v) is 4.62. The Morgan fingerprint density at radius 1 is 1.20 bits per heavy atom. The molecule has 2 aromatic rings. The number of fused-ring (bicyclic) bond motifs is 1. The molecule has 0 aliphatic heterocycles. The lowest BCUT2D eigenvalue weighted by atomic mass is 9.89. The van der Waals surface area contributed by atoms with Gasteiger partial charge in [-0.3, -0.25) is 4.79 Å². The summed E-state index contributed by atoms with van der Waals surface area (Å²) in [6, 6.07) is 2.86. The molecule has 3 N–H and O–H groups in total. The monoisotopic (exact) mass is 292 g/mol. The maximum atomic E-state index is 12.1. The fourth-order valence-corrected chi connectivity index (χ4v) is 3.46. The van der Waals surface area contributed by atoms with Crippen LogP contribution in [0.2, 0.25) is 0 Å². The van der Waals surface area contributed by atoms with Crippen molar-refractivity contribution in [2.24, 2.45) is 5.92 Å². The first kappa shape index (κ1) is 13.2. The summed E-state index contributed by atoms with van der Waals surface area (Å²) in [4.78, 5) is 16.4.